The van der Waals surface area contributed by atoms with E-state index in [9.17, 15) is 9.70 Å². The fourth-order valence-corrected chi connectivity index (χ4v) is 1.71. The Labute approximate surface area is 112 Å². The van der Waals surface area contributed by atoms with E-state index in [2.05, 4.69) is 25.6 Å². The topological polar surface area (TPSA) is 108 Å². The SMILES string of the molecule is CN(N=O)C(=O)NCCn1cnc2c(=S)nc[nH]c21. The molecule has 0 radical (unpaired) electrons. The lowest BCUT2D eigenvalue weighted by Crippen LogP contribution is -2.35. The molecule has 0 bridgehead atoms. The zero-order valence-electron chi connectivity index (χ0n) is 10.0. The molecule has 2 aromatic rings. The van der Waals surface area contributed by atoms with Crippen LogP contribution in [0, 0.1) is 9.55 Å². The van der Waals surface area contributed by atoms with Crippen molar-refractivity contribution in [3.05, 3.63) is 22.2 Å². The molecule has 2 heterocycles. The van der Waals surface area contributed by atoms with Gasteiger partial charge in [0.05, 0.1) is 17.9 Å². The minimum Gasteiger partial charge on any atom is -0.335 e. The van der Waals surface area contributed by atoms with Gasteiger partial charge in [0, 0.05) is 20.1 Å². The fourth-order valence-electron chi connectivity index (χ4n) is 1.51. The van der Waals surface area contributed by atoms with Gasteiger partial charge in [-0.25, -0.2) is 14.8 Å². The quantitative estimate of drug-likeness (QED) is 0.490. The summed E-state index contributed by atoms with van der Waals surface area (Å²) in [6, 6.07) is -0.561. The van der Waals surface area contributed by atoms with Gasteiger partial charge in [0.2, 0.25) is 0 Å². The number of aromatic nitrogens is 4. The summed E-state index contributed by atoms with van der Waals surface area (Å²) in [5, 5.41) is 5.71. The Hall–Kier alpha value is -2.36. The van der Waals surface area contributed by atoms with Gasteiger partial charge >= 0.3 is 6.03 Å². The zero-order valence-corrected chi connectivity index (χ0v) is 10.8. The van der Waals surface area contributed by atoms with Gasteiger partial charge in [-0.1, -0.05) is 12.2 Å². The monoisotopic (exact) mass is 281 g/mol. The van der Waals surface area contributed by atoms with Crippen LogP contribution in [0.1, 0.15) is 0 Å². The van der Waals surface area contributed by atoms with Crippen LogP contribution < -0.4 is 5.32 Å². The third-order valence-corrected chi connectivity index (χ3v) is 2.77. The lowest BCUT2D eigenvalue weighted by Gasteiger charge is -2.09. The highest BCUT2D eigenvalue weighted by Gasteiger charge is 2.08. The minimum atomic E-state index is -0.561. The molecule has 2 amide bonds. The molecule has 0 unspecified atom stereocenters. The van der Waals surface area contributed by atoms with Gasteiger partial charge in [0.25, 0.3) is 0 Å². The third-order valence-electron chi connectivity index (χ3n) is 2.47. The summed E-state index contributed by atoms with van der Waals surface area (Å²) < 4.78 is 2.21. The molecular formula is C9H11N7O2S. The average molecular weight is 281 g/mol. The molecule has 0 fully saturated rings. The minimum absolute atomic E-state index is 0.326. The molecule has 0 aliphatic carbocycles. The fraction of sp³-hybridized carbons (Fsp3) is 0.333. The van der Waals surface area contributed by atoms with Crippen LogP contribution in [0.4, 0.5) is 4.79 Å². The first-order chi connectivity index (χ1) is 9.13. The van der Waals surface area contributed by atoms with Crippen LogP contribution in [0.2, 0.25) is 0 Å². The van der Waals surface area contributed by atoms with Crippen LogP contribution in [0.3, 0.4) is 0 Å². The summed E-state index contributed by atoms with van der Waals surface area (Å²) in [6.45, 7) is 0.803. The van der Waals surface area contributed by atoms with Crippen LogP contribution in [0.5, 0.6) is 0 Å². The van der Waals surface area contributed by atoms with Crippen LogP contribution in [-0.4, -0.2) is 44.2 Å². The predicted octanol–water partition coefficient (Wildman–Crippen LogP) is 0.812. The number of nitrogens with zero attached hydrogens (tertiary/aromatic N) is 5. The highest BCUT2D eigenvalue weighted by atomic mass is 32.1. The van der Waals surface area contributed by atoms with Gasteiger partial charge < -0.3 is 14.9 Å². The molecule has 2 aromatic heterocycles. The zero-order chi connectivity index (χ0) is 13.8. The number of amides is 2. The Morgan fingerprint density at radius 3 is 3.16 bits per heavy atom. The number of hydrogen-bond donors (Lipinski definition) is 2. The molecule has 0 aliphatic rings. The summed E-state index contributed by atoms with van der Waals surface area (Å²) in [5.74, 6) is 0. The van der Waals surface area contributed by atoms with E-state index in [1.165, 1.54) is 13.4 Å². The Morgan fingerprint density at radius 2 is 2.42 bits per heavy atom. The summed E-state index contributed by atoms with van der Waals surface area (Å²) in [4.78, 5) is 32.4. The van der Waals surface area contributed by atoms with E-state index in [0.29, 0.717) is 28.3 Å². The molecule has 0 saturated carbocycles. The van der Waals surface area contributed by atoms with E-state index in [-0.39, 0.29) is 0 Å². The summed E-state index contributed by atoms with van der Waals surface area (Å²) in [5.41, 5.74) is 1.34. The smallest absolute Gasteiger partial charge is 0.335 e. The maximum atomic E-state index is 11.3. The summed E-state index contributed by atoms with van der Waals surface area (Å²) in [7, 11) is 1.28. The second-order valence-electron chi connectivity index (χ2n) is 3.68. The van der Waals surface area contributed by atoms with Gasteiger partial charge in [-0.15, -0.1) is 4.91 Å². The molecule has 9 nitrogen and oxygen atoms in total. The van der Waals surface area contributed by atoms with Crippen molar-refractivity contribution in [2.45, 2.75) is 6.54 Å². The standard InChI is InChI=1S/C9H11N7O2S/c1-15(14-18)9(17)10-2-3-16-5-13-6-7(16)11-4-12-8(6)19/h4-5H,2-3H2,1H3,(H,10,17)(H,11,12,19). The summed E-state index contributed by atoms with van der Waals surface area (Å²) >= 11 is 5.04. The van der Waals surface area contributed by atoms with Crippen molar-refractivity contribution in [1.29, 1.82) is 0 Å². The van der Waals surface area contributed by atoms with Gasteiger partial charge in [0.15, 0.2) is 4.64 Å². The molecule has 0 saturated heterocycles. The van der Waals surface area contributed by atoms with E-state index in [1.54, 1.807) is 10.9 Å². The number of imidazole rings is 1. The van der Waals surface area contributed by atoms with Crippen molar-refractivity contribution >= 4 is 29.4 Å². The van der Waals surface area contributed by atoms with E-state index in [1.807, 2.05) is 0 Å². The lowest BCUT2D eigenvalue weighted by molar-refractivity contribution is 0.209. The van der Waals surface area contributed by atoms with Crippen LogP contribution in [0.25, 0.3) is 11.2 Å². The van der Waals surface area contributed by atoms with E-state index < -0.39 is 6.03 Å². The Kier molecular flexibility index (Phi) is 3.80. The maximum absolute atomic E-state index is 11.3. The third kappa shape index (κ3) is 2.73. The van der Waals surface area contributed by atoms with Crippen LogP contribution >= 0.6 is 12.2 Å². The molecule has 19 heavy (non-hydrogen) atoms. The van der Waals surface area contributed by atoms with Crippen molar-refractivity contribution < 1.29 is 4.79 Å². The molecule has 0 atom stereocenters. The van der Waals surface area contributed by atoms with Crippen LogP contribution in [0.15, 0.2) is 17.9 Å². The van der Waals surface area contributed by atoms with Crippen molar-refractivity contribution in [1.82, 2.24) is 29.8 Å². The van der Waals surface area contributed by atoms with Gasteiger partial charge in [-0.2, -0.15) is 5.01 Å². The number of nitroso groups, excluding NO2 is 1. The Balaban J connectivity index is 2.03. The molecule has 10 heteroatoms. The number of nitrogens with one attached hydrogen (secondary N) is 2. The van der Waals surface area contributed by atoms with Crippen molar-refractivity contribution in [2.75, 3.05) is 13.6 Å². The molecule has 0 aliphatic heterocycles. The first-order valence-corrected chi connectivity index (χ1v) is 5.77. The average Bonchev–Trinajstić information content (AvgIpc) is 2.82. The number of hydrogen-bond acceptors (Lipinski definition) is 6. The maximum Gasteiger partial charge on any atom is 0.340 e. The largest absolute Gasteiger partial charge is 0.340 e. The molecule has 100 valence electrons. The summed E-state index contributed by atoms with van der Waals surface area (Å²) in [6.07, 6.45) is 3.10. The second-order valence-corrected chi connectivity index (χ2v) is 4.07. The number of carbonyl (C=O) groups excluding carboxylic acids is 1. The van der Waals surface area contributed by atoms with Crippen LogP contribution in [-0.2, 0) is 6.54 Å². The van der Waals surface area contributed by atoms with Crippen molar-refractivity contribution in [3.63, 3.8) is 0 Å². The first-order valence-electron chi connectivity index (χ1n) is 5.37. The number of H-pyrrole nitrogens is 1. The number of rotatable bonds is 4. The normalized spacial score (nSPS) is 10.4. The predicted molar refractivity (Wildman–Crippen MR) is 69.7 cm³/mol. The number of aromatic amines is 1. The second kappa shape index (κ2) is 5.52. The van der Waals surface area contributed by atoms with Crippen molar-refractivity contribution in [2.24, 2.45) is 5.29 Å². The Morgan fingerprint density at radius 1 is 1.63 bits per heavy atom. The molecule has 0 aromatic carbocycles. The molecule has 2 N–H and O–H groups in total. The Bertz CT molecular complexity index is 664. The molecule has 2 rings (SSSR count). The van der Waals surface area contributed by atoms with E-state index >= 15 is 0 Å². The lowest BCUT2D eigenvalue weighted by atomic mass is 10.5. The first kappa shape index (κ1) is 13.1. The van der Waals surface area contributed by atoms with Crippen molar-refractivity contribution in [3.8, 4) is 0 Å². The molecule has 0 spiro atoms. The number of fused-ring (bicyclic) bond motifs is 1. The molecular weight excluding hydrogens is 270 g/mol. The van der Waals surface area contributed by atoms with Gasteiger partial charge in [0.1, 0.15) is 11.2 Å². The van der Waals surface area contributed by atoms with Gasteiger partial charge in [-0.05, 0) is 0 Å². The number of carbonyl (C=O) groups is 1. The van der Waals surface area contributed by atoms with Gasteiger partial charge in [-0.3, -0.25) is 0 Å². The highest BCUT2D eigenvalue weighted by molar-refractivity contribution is 7.71. The van der Waals surface area contributed by atoms with E-state index in [4.69, 9.17) is 12.2 Å². The number of urea groups is 1. The van der Waals surface area contributed by atoms with E-state index in [0.717, 1.165) is 5.65 Å². The highest BCUT2D eigenvalue weighted by Crippen LogP contribution is 2.08.